The van der Waals surface area contributed by atoms with Gasteiger partial charge in [0.15, 0.2) is 6.61 Å². The van der Waals surface area contributed by atoms with Crippen molar-refractivity contribution in [1.29, 1.82) is 0 Å². The Morgan fingerprint density at radius 3 is 2.59 bits per heavy atom. The molecular formula is C24H23FN4O3. The Bertz CT molecular complexity index is 1300. The van der Waals surface area contributed by atoms with Crippen LogP contribution in [0.2, 0.25) is 0 Å². The van der Waals surface area contributed by atoms with Crippen LogP contribution in [0.25, 0.3) is 16.9 Å². The lowest BCUT2D eigenvalue weighted by molar-refractivity contribution is -0.119. The third kappa shape index (κ3) is 4.07. The van der Waals surface area contributed by atoms with Crippen LogP contribution in [0.4, 0.5) is 15.9 Å². The zero-order chi connectivity index (χ0) is 22.8. The van der Waals surface area contributed by atoms with Crippen molar-refractivity contribution in [1.82, 2.24) is 9.38 Å². The smallest absolute Gasteiger partial charge is 0.255 e. The number of amides is 1. The first-order valence-electron chi connectivity index (χ1n) is 9.97. The second kappa shape index (κ2) is 8.58. The molecule has 2 aromatic carbocycles. The highest BCUT2D eigenvalue weighted by Crippen LogP contribution is 2.39. The molecule has 0 fully saturated rings. The van der Waals surface area contributed by atoms with Gasteiger partial charge in [0.2, 0.25) is 0 Å². The van der Waals surface area contributed by atoms with E-state index in [1.807, 2.05) is 32.0 Å². The summed E-state index contributed by atoms with van der Waals surface area (Å²) >= 11 is 0. The number of primary amides is 1. The minimum absolute atomic E-state index is 0.304. The Balaban J connectivity index is 1.93. The number of rotatable bonds is 7. The van der Waals surface area contributed by atoms with Crippen molar-refractivity contribution in [3.05, 3.63) is 71.7 Å². The largest absolute Gasteiger partial charge is 0.497 e. The first-order valence-corrected chi connectivity index (χ1v) is 9.97. The summed E-state index contributed by atoms with van der Waals surface area (Å²) < 4.78 is 26.8. The number of para-hydroxylation sites is 1. The second-order valence-corrected chi connectivity index (χ2v) is 7.39. The number of nitrogens with two attached hydrogens (primary N) is 1. The quantitative estimate of drug-likeness (QED) is 0.451. The van der Waals surface area contributed by atoms with Gasteiger partial charge in [0.25, 0.3) is 5.91 Å². The van der Waals surface area contributed by atoms with Crippen molar-refractivity contribution in [2.75, 3.05) is 19.0 Å². The molecule has 0 spiro atoms. The van der Waals surface area contributed by atoms with E-state index in [1.54, 1.807) is 28.7 Å². The number of aryl methyl sites for hydroxylation is 2. The molecule has 1 amide bonds. The zero-order valence-corrected chi connectivity index (χ0v) is 18.0. The first kappa shape index (κ1) is 21.2. The highest BCUT2D eigenvalue weighted by Gasteiger charge is 2.20. The lowest BCUT2D eigenvalue weighted by Gasteiger charge is -2.16. The summed E-state index contributed by atoms with van der Waals surface area (Å²) in [4.78, 5) is 16.0. The maximum atomic E-state index is 14.1. The fraction of sp³-hybridized carbons (Fsp3) is 0.167. The lowest BCUT2D eigenvalue weighted by atomic mass is 10.1. The predicted octanol–water partition coefficient (Wildman–Crippen LogP) is 4.37. The number of halogens is 1. The second-order valence-electron chi connectivity index (χ2n) is 7.39. The van der Waals surface area contributed by atoms with Crippen LogP contribution in [0.5, 0.6) is 11.5 Å². The van der Waals surface area contributed by atoms with Crippen LogP contribution in [0.1, 0.15) is 11.1 Å². The molecule has 7 nitrogen and oxygen atoms in total. The van der Waals surface area contributed by atoms with E-state index in [1.165, 1.54) is 19.4 Å². The van der Waals surface area contributed by atoms with Crippen molar-refractivity contribution < 1.29 is 18.7 Å². The van der Waals surface area contributed by atoms with E-state index >= 15 is 0 Å². The molecule has 0 saturated carbocycles. The summed E-state index contributed by atoms with van der Waals surface area (Å²) in [6, 6.07) is 14.1. The lowest BCUT2D eigenvalue weighted by Crippen LogP contribution is -2.20. The summed E-state index contributed by atoms with van der Waals surface area (Å²) in [6.45, 7) is 3.68. The zero-order valence-electron chi connectivity index (χ0n) is 18.0. The highest BCUT2D eigenvalue weighted by atomic mass is 19.1. The Labute approximate surface area is 184 Å². The number of imidazole rings is 1. The van der Waals surface area contributed by atoms with Gasteiger partial charge in [0.1, 0.15) is 34.5 Å². The van der Waals surface area contributed by atoms with Crippen LogP contribution >= 0.6 is 0 Å². The van der Waals surface area contributed by atoms with E-state index in [2.05, 4.69) is 5.32 Å². The molecule has 8 heteroatoms. The van der Waals surface area contributed by atoms with Crippen molar-refractivity contribution >= 4 is 23.1 Å². The van der Waals surface area contributed by atoms with Gasteiger partial charge in [-0.1, -0.05) is 18.2 Å². The van der Waals surface area contributed by atoms with Gasteiger partial charge in [0, 0.05) is 23.5 Å². The number of nitrogens with one attached hydrogen (secondary N) is 1. The summed E-state index contributed by atoms with van der Waals surface area (Å²) in [5, 5.41) is 3.43. The third-order valence-electron chi connectivity index (χ3n) is 5.12. The van der Waals surface area contributed by atoms with Gasteiger partial charge in [-0.15, -0.1) is 0 Å². The molecule has 0 aliphatic rings. The predicted molar refractivity (Wildman–Crippen MR) is 121 cm³/mol. The average molecular weight is 434 g/mol. The number of fused-ring (bicyclic) bond motifs is 1. The molecular weight excluding hydrogens is 411 g/mol. The minimum Gasteiger partial charge on any atom is -0.497 e. The van der Waals surface area contributed by atoms with Crippen LogP contribution in [0, 0.1) is 19.7 Å². The number of carbonyl (C=O) groups is 1. The standard InChI is InChI=1S/C24H23FN4O3/c1-14-5-4-6-15(2)22(14)28-24-23(27-21-10-7-16(25)12-29(21)24)18-9-8-17(31-3)11-19(18)32-13-20(26)30/h4-12,28H,13H2,1-3H3,(H2,26,30). The average Bonchev–Trinajstić information content (AvgIpc) is 3.11. The van der Waals surface area contributed by atoms with Gasteiger partial charge in [-0.2, -0.15) is 0 Å². The minimum atomic E-state index is -0.607. The topological polar surface area (TPSA) is 90.9 Å². The fourth-order valence-electron chi connectivity index (χ4n) is 3.55. The Kier molecular flexibility index (Phi) is 5.68. The number of anilines is 2. The van der Waals surface area contributed by atoms with E-state index in [9.17, 15) is 9.18 Å². The molecule has 0 radical (unpaired) electrons. The molecule has 32 heavy (non-hydrogen) atoms. The number of carbonyl (C=O) groups excluding carboxylic acids is 1. The molecule has 4 rings (SSSR count). The van der Waals surface area contributed by atoms with Crippen molar-refractivity contribution in [3.63, 3.8) is 0 Å². The normalized spacial score (nSPS) is 10.9. The third-order valence-corrected chi connectivity index (χ3v) is 5.12. The first-order chi connectivity index (χ1) is 15.4. The van der Waals surface area contributed by atoms with E-state index in [0.29, 0.717) is 34.2 Å². The Morgan fingerprint density at radius 2 is 1.91 bits per heavy atom. The van der Waals surface area contributed by atoms with Gasteiger partial charge in [-0.25, -0.2) is 9.37 Å². The van der Waals surface area contributed by atoms with Gasteiger partial charge < -0.3 is 20.5 Å². The molecule has 0 unspecified atom stereocenters. The maximum absolute atomic E-state index is 14.1. The number of pyridine rings is 1. The van der Waals surface area contributed by atoms with Crippen LogP contribution in [-0.2, 0) is 4.79 Å². The number of methoxy groups -OCH3 is 1. The summed E-state index contributed by atoms with van der Waals surface area (Å²) in [5.41, 5.74) is 9.91. The van der Waals surface area contributed by atoms with Crippen molar-refractivity contribution in [2.24, 2.45) is 5.73 Å². The van der Waals surface area contributed by atoms with E-state index < -0.39 is 11.7 Å². The Morgan fingerprint density at radius 1 is 1.16 bits per heavy atom. The molecule has 0 bridgehead atoms. The van der Waals surface area contributed by atoms with Crippen LogP contribution in [-0.4, -0.2) is 29.0 Å². The van der Waals surface area contributed by atoms with Crippen LogP contribution in [0.3, 0.4) is 0 Å². The number of benzene rings is 2. The molecule has 2 aromatic heterocycles. The molecule has 0 atom stereocenters. The molecule has 0 aliphatic heterocycles. The molecule has 2 heterocycles. The number of ether oxygens (including phenoxy) is 2. The summed E-state index contributed by atoms with van der Waals surface area (Å²) in [6.07, 6.45) is 1.37. The van der Waals surface area contributed by atoms with E-state index in [0.717, 1.165) is 16.8 Å². The van der Waals surface area contributed by atoms with E-state index in [-0.39, 0.29) is 6.61 Å². The molecule has 3 N–H and O–H groups in total. The Hall–Kier alpha value is -4.07. The fourth-order valence-corrected chi connectivity index (χ4v) is 3.55. The van der Waals surface area contributed by atoms with Crippen LogP contribution in [0.15, 0.2) is 54.7 Å². The number of hydrogen-bond donors (Lipinski definition) is 2. The van der Waals surface area contributed by atoms with Gasteiger partial charge >= 0.3 is 0 Å². The van der Waals surface area contributed by atoms with Crippen molar-refractivity contribution in [2.45, 2.75) is 13.8 Å². The van der Waals surface area contributed by atoms with Crippen molar-refractivity contribution in [3.8, 4) is 22.8 Å². The monoisotopic (exact) mass is 434 g/mol. The number of hydrogen-bond acceptors (Lipinski definition) is 5. The van der Waals surface area contributed by atoms with Gasteiger partial charge in [-0.3, -0.25) is 9.20 Å². The van der Waals surface area contributed by atoms with Gasteiger partial charge in [-0.05, 0) is 49.2 Å². The molecule has 4 aromatic rings. The highest BCUT2D eigenvalue weighted by molar-refractivity contribution is 5.84. The number of aromatic nitrogens is 2. The van der Waals surface area contributed by atoms with Crippen LogP contribution < -0.4 is 20.5 Å². The summed E-state index contributed by atoms with van der Waals surface area (Å²) in [5.74, 6) is 0.477. The molecule has 164 valence electrons. The summed E-state index contributed by atoms with van der Waals surface area (Å²) in [7, 11) is 1.54. The van der Waals surface area contributed by atoms with E-state index in [4.69, 9.17) is 20.2 Å². The molecule has 0 saturated heterocycles. The maximum Gasteiger partial charge on any atom is 0.255 e. The molecule has 0 aliphatic carbocycles. The van der Waals surface area contributed by atoms with Gasteiger partial charge in [0.05, 0.1) is 7.11 Å². The SMILES string of the molecule is COc1ccc(-c2nc3ccc(F)cn3c2Nc2c(C)cccc2C)c(OCC(N)=O)c1. The number of nitrogens with zero attached hydrogens (tertiary/aromatic N) is 2.